The molecule has 0 bridgehead atoms. The molecule has 1 aromatic heterocycles. The van der Waals surface area contributed by atoms with E-state index in [1.165, 1.54) is 5.56 Å². The van der Waals surface area contributed by atoms with E-state index in [0.717, 1.165) is 29.2 Å². The summed E-state index contributed by atoms with van der Waals surface area (Å²) in [5.74, 6) is 0.00893. The van der Waals surface area contributed by atoms with Crippen LogP contribution in [0.15, 0.2) is 24.3 Å². The van der Waals surface area contributed by atoms with Crippen LogP contribution in [0.1, 0.15) is 22.5 Å². The highest BCUT2D eigenvalue weighted by Crippen LogP contribution is 2.21. The van der Waals surface area contributed by atoms with Gasteiger partial charge in [-0.2, -0.15) is 5.10 Å². The first-order chi connectivity index (χ1) is 12.0. The molecule has 2 aromatic rings. The number of aromatic nitrogens is 2. The van der Waals surface area contributed by atoms with Gasteiger partial charge in [-0.3, -0.25) is 4.79 Å². The topological polar surface area (TPSA) is 59.4 Å². The number of amides is 1. The molecule has 6 heteroatoms. The minimum atomic E-state index is -0.397. The van der Waals surface area contributed by atoms with Gasteiger partial charge in [-0.05, 0) is 32.4 Å². The molecule has 3 rings (SSSR count). The Morgan fingerprint density at radius 3 is 2.80 bits per heavy atom. The van der Waals surface area contributed by atoms with Crippen molar-refractivity contribution in [3.8, 4) is 5.69 Å². The second kappa shape index (κ2) is 7.37. The van der Waals surface area contributed by atoms with Crippen LogP contribution in [0, 0.1) is 20.8 Å². The maximum atomic E-state index is 12.6. The average Bonchev–Trinajstić information content (AvgIpc) is 2.90. The number of nitrogens with zero attached hydrogens (tertiary/aromatic N) is 3. The Hall–Kier alpha value is -2.18. The molecule has 0 radical (unpaired) electrons. The maximum absolute atomic E-state index is 12.6. The number of nitrogens with one attached hydrogen (secondary N) is 1. The van der Waals surface area contributed by atoms with Gasteiger partial charge in [0.25, 0.3) is 5.91 Å². The van der Waals surface area contributed by atoms with E-state index in [-0.39, 0.29) is 5.91 Å². The fourth-order valence-electron chi connectivity index (χ4n) is 3.22. The lowest BCUT2D eigenvalue weighted by molar-refractivity contribution is -0.144. The number of carbonyl (C=O) groups is 1. The normalized spacial score (nSPS) is 17.5. The quantitative estimate of drug-likeness (QED) is 0.920. The number of likely N-dealkylation sites (N-methyl/N-ethyl adjacent to an activating group) is 1. The monoisotopic (exact) mass is 342 g/mol. The predicted molar refractivity (Wildman–Crippen MR) is 96.9 cm³/mol. The van der Waals surface area contributed by atoms with Crippen LogP contribution in [-0.2, 0) is 16.1 Å². The summed E-state index contributed by atoms with van der Waals surface area (Å²) < 4.78 is 7.54. The summed E-state index contributed by atoms with van der Waals surface area (Å²) in [4.78, 5) is 14.3. The third kappa shape index (κ3) is 3.60. The molecule has 1 aromatic carbocycles. The van der Waals surface area contributed by atoms with Crippen LogP contribution in [0.4, 0.5) is 0 Å². The Morgan fingerprint density at radius 1 is 1.36 bits per heavy atom. The van der Waals surface area contributed by atoms with Crippen molar-refractivity contribution in [1.82, 2.24) is 20.0 Å². The maximum Gasteiger partial charge on any atom is 0.253 e. The number of hydrogen-bond donors (Lipinski definition) is 1. The van der Waals surface area contributed by atoms with E-state index >= 15 is 0 Å². The van der Waals surface area contributed by atoms with Crippen molar-refractivity contribution in [1.29, 1.82) is 0 Å². The van der Waals surface area contributed by atoms with Crippen molar-refractivity contribution in [3.63, 3.8) is 0 Å². The smallest absolute Gasteiger partial charge is 0.253 e. The molecule has 6 nitrogen and oxygen atoms in total. The van der Waals surface area contributed by atoms with Gasteiger partial charge in [0.1, 0.15) is 6.10 Å². The van der Waals surface area contributed by atoms with Gasteiger partial charge in [-0.15, -0.1) is 0 Å². The first kappa shape index (κ1) is 17.6. The highest BCUT2D eigenvalue weighted by molar-refractivity contribution is 5.81. The number of morpholine rings is 1. The van der Waals surface area contributed by atoms with Crippen molar-refractivity contribution in [3.05, 3.63) is 46.8 Å². The minimum Gasteiger partial charge on any atom is -0.366 e. The van der Waals surface area contributed by atoms with E-state index < -0.39 is 6.10 Å². The zero-order valence-electron chi connectivity index (χ0n) is 15.4. The minimum absolute atomic E-state index is 0.00893. The molecule has 1 N–H and O–H groups in total. The molecular formula is C19H26N4O2. The number of para-hydroxylation sites is 1. The second-order valence-electron chi connectivity index (χ2n) is 6.61. The SMILES string of the molecule is Cc1ccccc1-n1nc(C)c(CN(C)C(=O)C2CNCCO2)c1C. The van der Waals surface area contributed by atoms with Gasteiger partial charge in [-0.25, -0.2) is 4.68 Å². The van der Waals surface area contributed by atoms with E-state index in [1.54, 1.807) is 4.90 Å². The largest absolute Gasteiger partial charge is 0.366 e. The fraction of sp³-hybridized carbons (Fsp3) is 0.474. The zero-order valence-corrected chi connectivity index (χ0v) is 15.4. The van der Waals surface area contributed by atoms with Crippen molar-refractivity contribution < 1.29 is 9.53 Å². The lowest BCUT2D eigenvalue weighted by Gasteiger charge is -2.27. The van der Waals surface area contributed by atoms with Crippen LogP contribution in [0.5, 0.6) is 0 Å². The van der Waals surface area contributed by atoms with E-state index in [0.29, 0.717) is 19.7 Å². The first-order valence-corrected chi connectivity index (χ1v) is 8.67. The highest BCUT2D eigenvalue weighted by atomic mass is 16.5. The fourth-order valence-corrected chi connectivity index (χ4v) is 3.22. The Balaban J connectivity index is 1.81. The van der Waals surface area contributed by atoms with Crippen molar-refractivity contribution in [2.24, 2.45) is 0 Å². The number of carbonyl (C=O) groups excluding carboxylic acids is 1. The molecule has 0 spiro atoms. The van der Waals surface area contributed by atoms with Gasteiger partial charge in [-0.1, -0.05) is 18.2 Å². The molecule has 1 atom stereocenters. The molecule has 1 aliphatic rings. The number of hydrogen-bond acceptors (Lipinski definition) is 4. The van der Waals surface area contributed by atoms with Gasteiger partial charge < -0.3 is 15.0 Å². The Kier molecular flexibility index (Phi) is 5.20. The van der Waals surface area contributed by atoms with E-state index in [9.17, 15) is 4.79 Å². The third-order valence-corrected chi connectivity index (χ3v) is 4.76. The second-order valence-corrected chi connectivity index (χ2v) is 6.61. The highest BCUT2D eigenvalue weighted by Gasteiger charge is 2.26. The van der Waals surface area contributed by atoms with Crippen LogP contribution in [0.2, 0.25) is 0 Å². The van der Waals surface area contributed by atoms with Crippen LogP contribution in [-0.4, -0.2) is 53.4 Å². The van der Waals surface area contributed by atoms with Crippen LogP contribution in [0.3, 0.4) is 0 Å². The van der Waals surface area contributed by atoms with Gasteiger partial charge in [0, 0.05) is 37.9 Å². The molecule has 1 saturated heterocycles. The van der Waals surface area contributed by atoms with Crippen molar-refractivity contribution in [2.75, 3.05) is 26.7 Å². The standard InChI is InChI=1S/C19H26N4O2/c1-13-7-5-6-8-17(13)23-15(3)16(14(2)21-23)12-22(4)19(24)18-11-20-9-10-25-18/h5-8,18,20H,9-12H2,1-4H3. The molecule has 0 saturated carbocycles. The number of aryl methyl sites for hydroxylation is 2. The summed E-state index contributed by atoms with van der Waals surface area (Å²) in [7, 11) is 1.82. The molecule has 25 heavy (non-hydrogen) atoms. The summed E-state index contributed by atoms with van der Waals surface area (Å²) in [6, 6.07) is 8.18. The molecule has 1 unspecified atom stereocenters. The first-order valence-electron chi connectivity index (χ1n) is 8.67. The Morgan fingerprint density at radius 2 is 2.12 bits per heavy atom. The van der Waals surface area contributed by atoms with E-state index in [1.807, 2.05) is 30.8 Å². The predicted octanol–water partition coefficient (Wildman–Crippen LogP) is 1.74. The number of rotatable bonds is 4. The summed E-state index contributed by atoms with van der Waals surface area (Å²) >= 11 is 0. The molecule has 1 amide bonds. The van der Waals surface area contributed by atoms with Gasteiger partial charge >= 0.3 is 0 Å². The Bertz CT molecular complexity index is 763. The average molecular weight is 342 g/mol. The molecular weight excluding hydrogens is 316 g/mol. The summed E-state index contributed by atoms with van der Waals surface area (Å²) in [6.07, 6.45) is -0.397. The van der Waals surface area contributed by atoms with E-state index in [4.69, 9.17) is 9.84 Å². The van der Waals surface area contributed by atoms with Crippen LogP contribution < -0.4 is 5.32 Å². The number of ether oxygens (including phenoxy) is 1. The lowest BCUT2D eigenvalue weighted by Crippen LogP contribution is -2.48. The van der Waals surface area contributed by atoms with Crippen molar-refractivity contribution >= 4 is 5.91 Å². The third-order valence-electron chi connectivity index (χ3n) is 4.76. The zero-order chi connectivity index (χ0) is 18.0. The van der Waals surface area contributed by atoms with Crippen LogP contribution >= 0.6 is 0 Å². The molecule has 1 aliphatic heterocycles. The van der Waals surface area contributed by atoms with Gasteiger partial charge in [0.05, 0.1) is 18.0 Å². The van der Waals surface area contributed by atoms with Gasteiger partial charge in [0.2, 0.25) is 0 Å². The van der Waals surface area contributed by atoms with Crippen molar-refractivity contribution in [2.45, 2.75) is 33.4 Å². The molecule has 2 heterocycles. The summed E-state index contributed by atoms with van der Waals surface area (Å²) in [6.45, 7) is 8.61. The number of benzene rings is 1. The van der Waals surface area contributed by atoms with Gasteiger partial charge in [0.15, 0.2) is 0 Å². The molecule has 134 valence electrons. The summed E-state index contributed by atoms with van der Waals surface area (Å²) in [5.41, 5.74) is 5.34. The Labute approximate surface area is 148 Å². The molecule has 0 aliphatic carbocycles. The van der Waals surface area contributed by atoms with E-state index in [2.05, 4.69) is 31.3 Å². The molecule has 1 fully saturated rings. The summed E-state index contributed by atoms with van der Waals surface area (Å²) in [5, 5.41) is 7.90. The van der Waals surface area contributed by atoms with Crippen LogP contribution in [0.25, 0.3) is 5.69 Å². The lowest BCUT2D eigenvalue weighted by atomic mass is 10.1.